The average molecular weight is 146 g/mol. The third-order valence-electron chi connectivity index (χ3n) is 2.02. The number of phenols is 1. The molecule has 1 aliphatic carbocycles. The summed E-state index contributed by atoms with van der Waals surface area (Å²) in [5.74, 6) is 0.357. The van der Waals surface area contributed by atoms with Gasteiger partial charge in [0, 0.05) is 0 Å². The highest BCUT2D eigenvalue weighted by molar-refractivity contribution is 5.70. The van der Waals surface area contributed by atoms with Crippen LogP contribution in [0.25, 0.3) is 5.57 Å². The van der Waals surface area contributed by atoms with Gasteiger partial charge in [0.25, 0.3) is 0 Å². The molecule has 0 aliphatic heterocycles. The van der Waals surface area contributed by atoms with Gasteiger partial charge in [-0.05, 0) is 36.1 Å². The third kappa shape index (κ3) is 1.14. The van der Waals surface area contributed by atoms with E-state index in [1.807, 2.05) is 18.2 Å². The first kappa shape index (κ1) is 6.47. The number of rotatable bonds is 1. The first-order valence-electron chi connectivity index (χ1n) is 3.85. The van der Waals surface area contributed by atoms with Crippen molar-refractivity contribution in [1.29, 1.82) is 0 Å². The Morgan fingerprint density at radius 2 is 2.09 bits per heavy atom. The molecule has 56 valence electrons. The molecule has 1 aromatic rings. The quantitative estimate of drug-likeness (QED) is 0.645. The van der Waals surface area contributed by atoms with Crippen LogP contribution in [0.3, 0.4) is 0 Å². The monoisotopic (exact) mass is 146 g/mol. The van der Waals surface area contributed by atoms with E-state index in [2.05, 4.69) is 6.08 Å². The molecule has 0 spiro atoms. The number of hydrogen-bond donors (Lipinski definition) is 1. The Kier molecular flexibility index (Phi) is 1.42. The first-order valence-corrected chi connectivity index (χ1v) is 3.85. The van der Waals surface area contributed by atoms with Gasteiger partial charge in [0.15, 0.2) is 0 Å². The number of aromatic hydroxyl groups is 1. The molecule has 11 heavy (non-hydrogen) atoms. The number of phenolic OH excluding ortho intramolecular Hbond substituents is 1. The van der Waals surface area contributed by atoms with Gasteiger partial charge < -0.3 is 5.11 Å². The van der Waals surface area contributed by atoms with E-state index in [0.717, 1.165) is 12.0 Å². The Hall–Kier alpha value is -1.24. The molecule has 0 fully saturated rings. The molecule has 1 nitrogen and oxygen atoms in total. The second-order valence-electron chi connectivity index (χ2n) is 2.82. The smallest absolute Gasteiger partial charge is 0.116 e. The highest BCUT2D eigenvalue weighted by atomic mass is 16.3. The minimum atomic E-state index is 0.357. The molecule has 1 N–H and O–H groups in total. The largest absolute Gasteiger partial charge is 0.508 e. The molecule has 0 radical (unpaired) electrons. The van der Waals surface area contributed by atoms with Gasteiger partial charge in [-0.2, -0.15) is 0 Å². The molecule has 0 heterocycles. The fraction of sp³-hybridized carbons (Fsp3) is 0.200. The van der Waals surface area contributed by atoms with Crippen molar-refractivity contribution < 1.29 is 5.11 Å². The fourth-order valence-electron chi connectivity index (χ4n) is 1.26. The molecule has 0 aromatic heterocycles. The van der Waals surface area contributed by atoms with Gasteiger partial charge in [0.05, 0.1) is 0 Å². The SMILES string of the molecule is Oc1cccc(C2=CCC2)c1. The maximum atomic E-state index is 9.15. The molecule has 0 saturated carbocycles. The van der Waals surface area contributed by atoms with Crippen molar-refractivity contribution >= 4 is 5.57 Å². The molecule has 0 unspecified atom stereocenters. The van der Waals surface area contributed by atoms with Crippen LogP contribution >= 0.6 is 0 Å². The van der Waals surface area contributed by atoms with E-state index in [4.69, 9.17) is 5.11 Å². The third-order valence-corrected chi connectivity index (χ3v) is 2.02. The summed E-state index contributed by atoms with van der Waals surface area (Å²) in [6.45, 7) is 0. The highest BCUT2D eigenvalue weighted by Gasteiger charge is 2.07. The summed E-state index contributed by atoms with van der Waals surface area (Å²) in [4.78, 5) is 0. The van der Waals surface area contributed by atoms with E-state index in [9.17, 15) is 0 Å². The van der Waals surface area contributed by atoms with Gasteiger partial charge in [0.2, 0.25) is 0 Å². The standard InChI is InChI=1S/C10H10O/c11-10-6-2-5-9(7-10)8-3-1-4-8/h2-3,5-7,11H,1,4H2. The highest BCUT2D eigenvalue weighted by Crippen LogP contribution is 2.30. The van der Waals surface area contributed by atoms with E-state index < -0.39 is 0 Å². The Balaban J connectivity index is 2.38. The van der Waals surface area contributed by atoms with Crippen LogP contribution < -0.4 is 0 Å². The zero-order valence-corrected chi connectivity index (χ0v) is 6.25. The molecule has 1 aromatic carbocycles. The van der Waals surface area contributed by atoms with Gasteiger partial charge >= 0.3 is 0 Å². The maximum absolute atomic E-state index is 9.15. The summed E-state index contributed by atoms with van der Waals surface area (Å²) in [6, 6.07) is 7.42. The van der Waals surface area contributed by atoms with Crippen molar-refractivity contribution in [3.63, 3.8) is 0 Å². The van der Waals surface area contributed by atoms with Crippen LogP contribution in [-0.4, -0.2) is 5.11 Å². The lowest BCUT2D eigenvalue weighted by molar-refractivity contribution is 0.475. The van der Waals surface area contributed by atoms with Crippen molar-refractivity contribution in [3.8, 4) is 5.75 Å². The summed E-state index contributed by atoms with van der Waals surface area (Å²) in [6.07, 6.45) is 4.54. The summed E-state index contributed by atoms with van der Waals surface area (Å²) in [5.41, 5.74) is 2.53. The molecule has 2 rings (SSSR count). The van der Waals surface area contributed by atoms with Crippen LogP contribution in [0.5, 0.6) is 5.75 Å². The predicted molar refractivity (Wildman–Crippen MR) is 45.3 cm³/mol. The molecular weight excluding hydrogens is 136 g/mol. The number of hydrogen-bond acceptors (Lipinski definition) is 1. The number of benzene rings is 1. The lowest BCUT2D eigenvalue weighted by Gasteiger charge is -2.14. The minimum absolute atomic E-state index is 0.357. The van der Waals surface area contributed by atoms with Crippen LogP contribution in [-0.2, 0) is 0 Å². The van der Waals surface area contributed by atoms with Crippen molar-refractivity contribution in [2.24, 2.45) is 0 Å². The van der Waals surface area contributed by atoms with Gasteiger partial charge in [-0.3, -0.25) is 0 Å². The summed E-state index contributed by atoms with van der Waals surface area (Å²) < 4.78 is 0. The van der Waals surface area contributed by atoms with Crippen molar-refractivity contribution in [1.82, 2.24) is 0 Å². The lowest BCUT2D eigenvalue weighted by atomic mass is 9.92. The molecule has 0 saturated heterocycles. The summed E-state index contributed by atoms with van der Waals surface area (Å²) in [7, 11) is 0. The molecule has 0 bridgehead atoms. The number of allylic oxidation sites excluding steroid dienone is 2. The maximum Gasteiger partial charge on any atom is 0.116 e. The average Bonchev–Trinajstić information content (AvgIpc) is 1.83. The Labute approximate surface area is 66.0 Å². The van der Waals surface area contributed by atoms with Crippen LogP contribution in [0.2, 0.25) is 0 Å². The van der Waals surface area contributed by atoms with E-state index in [-0.39, 0.29) is 0 Å². The normalized spacial score (nSPS) is 15.5. The van der Waals surface area contributed by atoms with Crippen LogP contribution in [0.15, 0.2) is 30.3 Å². The second kappa shape index (κ2) is 2.42. The topological polar surface area (TPSA) is 20.2 Å². The fourth-order valence-corrected chi connectivity index (χ4v) is 1.26. The lowest BCUT2D eigenvalue weighted by Crippen LogP contribution is -1.92. The van der Waals surface area contributed by atoms with Crippen LogP contribution in [0.1, 0.15) is 18.4 Å². The van der Waals surface area contributed by atoms with Gasteiger partial charge in [-0.1, -0.05) is 18.2 Å². The van der Waals surface area contributed by atoms with Gasteiger partial charge in [0.1, 0.15) is 5.75 Å². The van der Waals surface area contributed by atoms with Crippen molar-refractivity contribution in [2.75, 3.05) is 0 Å². The van der Waals surface area contributed by atoms with Crippen molar-refractivity contribution in [2.45, 2.75) is 12.8 Å². The summed E-state index contributed by atoms with van der Waals surface area (Å²) in [5, 5.41) is 9.15. The van der Waals surface area contributed by atoms with Gasteiger partial charge in [-0.25, -0.2) is 0 Å². The van der Waals surface area contributed by atoms with Crippen LogP contribution in [0.4, 0.5) is 0 Å². The van der Waals surface area contributed by atoms with Gasteiger partial charge in [-0.15, -0.1) is 0 Å². The zero-order chi connectivity index (χ0) is 7.68. The molecular formula is C10H10O. The van der Waals surface area contributed by atoms with E-state index >= 15 is 0 Å². The zero-order valence-electron chi connectivity index (χ0n) is 6.25. The molecule has 0 atom stereocenters. The Morgan fingerprint density at radius 3 is 2.64 bits per heavy atom. The predicted octanol–water partition coefficient (Wildman–Crippen LogP) is 2.57. The Morgan fingerprint density at radius 1 is 1.27 bits per heavy atom. The van der Waals surface area contributed by atoms with Crippen molar-refractivity contribution in [3.05, 3.63) is 35.9 Å². The van der Waals surface area contributed by atoms with E-state index in [1.54, 1.807) is 6.07 Å². The van der Waals surface area contributed by atoms with E-state index in [0.29, 0.717) is 5.75 Å². The molecule has 0 amide bonds. The summed E-state index contributed by atoms with van der Waals surface area (Å²) >= 11 is 0. The van der Waals surface area contributed by atoms with Crippen LogP contribution in [0, 0.1) is 0 Å². The Bertz CT molecular complexity index is 299. The van der Waals surface area contributed by atoms with E-state index in [1.165, 1.54) is 12.0 Å². The second-order valence-corrected chi connectivity index (χ2v) is 2.82. The first-order chi connectivity index (χ1) is 5.36. The molecule has 1 heteroatoms. The minimum Gasteiger partial charge on any atom is -0.508 e. The molecule has 1 aliphatic rings.